The number of ether oxygens (including phenoxy) is 1. The van der Waals surface area contributed by atoms with E-state index >= 15 is 0 Å². The van der Waals surface area contributed by atoms with Crippen molar-refractivity contribution >= 4 is 5.82 Å². The number of pyridine rings is 1. The lowest BCUT2D eigenvalue weighted by Gasteiger charge is -2.30. The lowest BCUT2D eigenvalue weighted by molar-refractivity contribution is 0.0761. The molecule has 1 aliphatic heterocycles. The second-order valence-corrected chi connectivity index (χ2v) is 4.63. The highest BCUT2D eigenvalue weighted by Crippen LogP contribution is 2.17. The Bertz CT molecular complexity index is 645. The summed E-state index contributed by atoms with van der Waals surface area (Å²) in [5.74, 6) is 2.59. The van der Waals surface area contributed by atoms with Crippen molar-refractivity contribution < 1.29 is 4.74 Å². The quantitative estimate of drug-likeness (QED) is 0.822. The van der Waals surface area contributed by atoms with Gasteiger partial charge in [-0.3, -0.25) is 4.57 Å². The van der Waals surface area contributed by atoms with E-state index in [0.29, 0.717) is 13.2 Å². The number of nitrogens with zero attached hydrogens (tertiary/aromatic N) is 5. The standard InChI is InChI=1S/C14H15N5O/c1-11-16-5-6-19(11)14-4-2-3-13(17-14)18-7-8-20-12(9-15)10-18/h2-6,12H,7-8,10H2,1H3. The summed E-state index contributed by atoms with van der Waals surface area (Å²) in [4.78, 5) is 10.9. The summed E-state index contributed by atoms with van der Waals surface area (Å²) in [5.41, 5.74) is 0. The van der Waals surface area contributed by atoms with Crippen LogP contribution in [0.4, 0.5) is 5.82 Å². The summed E-state index contributed by atoms with van der Waals surface area (Å²) in [6, 6.07) is 8.01. The van der Waals surface area contributed by atoms with Gasteiger partial charge in [0.15, 0.2) is 6.10 Å². The molecule has 6 nitrogen and oxygen atoms in total. The van der Waals surface area contributed by atoms with Crippen molar-refractivity contribution in [3.8, 4) is 11.9 Å². The SMILES string of the molecule is Cc1nccn1-c1cccc(N2CCOC(C#N)C2)n1. The molecule has 1 aliphatic rings. The number of anilines is 1. The van der Waals surface area contributed by atoms with E-state index < -0.39 is 0 Å². The fourth-order valence-corrected chi connectivity index (χ4v) is 2.28. The Labute approximate surface area is 117 Å². The van der Waals surface area contributed by atoms with Gasteiger partial charge in [0.2, 0.25) is 0 Å². The molecule has 0 saturated carbocycles. The highest BCUT2D eigenvalue weighted by molar-refractivity contribution is 5.44. The van der Waals surface area contributed by atoms with Crippen LogP contribution in [0.2, 0.25) is 0 Å². The molecule has 1 fully saturated rings. The van der Waals surface area contributed by atoms with Gasteiger partial charge in [-0.25, -0.2) is 9.97 Å². The van der Waals surface area contributed by atoms with Crippen LogP contribution in [-0.4, -0.2) is 40.3 Å². The van der Waals surface area contributed by atoms with Crippen molar-refractivity contribution in [2.75, 3.05) is 24.6 Å². The van der Waals surface area contributed by atoms with E-state index in [9.17, 15) is 0 Å². The summed E-state index contributed by atoms with van der Waals surface area (Å²) in [6.45, 7) is 3.79. The average molecular weight is 269 g/mol. The number of rotatable bonds is 2. The number of aryl methyl sites for hydroxylation is 1. The van der Waals surface area contributed by atoms with Gasteiger partial charge < -0.3 is 9.64 Å². The molecule has 1 atom stereocenters. The molecule has 20 heavy (non-hydrogen) atoms. The number of nitriles is 1. The Morgan fingerprint density at radius 1 is 1.40 bits per heavy atom. The minimum absolute atomic E-state index is 0.385. The van der Waals surface area contributed by atoms with Crippen LogP contribution in [0, 0.1) is 18.3 Å². The molecule has 102 valence electrons. The second kappa shape index (κ2) is 5.31. The number of morpholine rings is 1. The molecule has 1 unspecified atom stereocenters. The smallest absolute Gasteiger partial charge is 0.161 e. The maximum Gasteiger partial charge on any atom is 0.161 e. The molecule has 1 saturated heterocycles. The van der Waals surface area contributed by atoms with Gasteiger partial charge in [0.05, 0.1) is 19.2 Å². The summed E-state index contributed by atoms with van der Waals surface area (Å²) >= 11 is 0. The minimum Gasteiger partial charge on any atom is -0.360 e. The van der Waals surface area contributed by atoms with Gasteiger partial charge >= 0.3 is 0 Å². The van der Waals surface area contributed by atoms with E-state index in [1.165, 1.54) is 0 Å². The summed E-state index contributed by atoms with van der Waals surface area (Å²) in [5, 5.41) is 8.96. The van der Waals surface area contributed by atoms with Gasteiger partial charge in [-0.15, -0.1) is 0 Å². The highest BCUT2D eigenvalue weighted by atomic mass is 16.5. The van der Waals surface area contributed by atoms with E-state index in [-0.39, 0.29) is 6.10 Å². The highest BCUT2D eigenvalue weighted by Gasteiger charge is 2.21. The lowest BCUT2D eigenvalue weighted by Crippen LogP contribution is -2.42. The number of imidazole rings is 1. The van der Waals surface area contributed by atoms with E-state index in [2.05, 4.69) is 20.9 Å². The molecule has 3 rings (SSSR count). The first-order valence-corrected chi connectivity index (χ1v) is 6.51. The van der Waals surface area contributed by atoms with Crippen LogP contribution in [0.25, 0.3) is 5.82 Å². The van der Waals surface area contributed by atoms with Gasteiger partial charge in [-0.1, -0.05) is 6.07 Å². The zero-order chi connectivity index (χ0) is 13.9. The van der Waals surface area contributed by atoms with Crippen molar-refractivity contribution in [2.45, 2.75) is 13.0 Å². The Balaban J connectivity index is 1.88. The zero-order valence-corrected chi connectivity index (χ0v) is 11.2. The molecule has 6 heteroatoms. The average Bonchev–Trinajstić information content (AvgIpc) is 2.94. The summed E-state index contributed by atoms with van der Waals surface area (Å²) in [6.07, 6.45) is 3.26. The van der Waals surface area contributed by atoms with Gasteiger partial charge in [-0.05, 0) is 19.1 Å². The van der Waals surface area contributed by atoms with Crippen LogP contribution in [0.5, 0.6) is 0 Å². The summed E-state index contributed by atoms with van der Waals surface area (Å²) < 4.78 is 7.29. The van der Waals surface area contributed by atoms with E-state index in [0.717, 1.165) is 24.0 Å². The third kappa shape index (κ3) is 2.36. The first-order valence-electron chi connectivity index (χ1n) is 6.51. The third-order valence-corrected chi connectivity index (χ3v) is 3.33. The molecule has 3 heterocycles. The molecule has 0 spiro atoms. The van der Waals surface area contributed by atoms with Gasteiger partial charge in [-0.2, -0.15) is 5.26 Å². The molecule has 0 aromatic carbocycles. The predicted molar refractivity (Wildman–Crippen MR) is 73.7 cm³/mol. The van der Waals surface area contributed by atoms with E-state index in [1.54, 1.807) is 6.20 Å². The van der Waals surface area contributed by atoms with Crippen molar-refractivity contribution in [1.29, 1.82) is 5.26 Å². The predicted octanol–water partition coefficient (Wildman–Crippen LogP) is 1.30. The number of hydrogen-bond acceptors (Lipinski definition) is 5. The minimum atomic E-state index is -0.385. The molecular formula is C14H15N5O. The maximum atomic E-state index is 8.96. The van der Waals surface area contributed by atoms with Crippen molar-refractivity contribution in [3.05, 3.63) is 36.4 Å². The monoisotopic (exact) mass is 269 g/mol. The largest absolute Gasteiger partial charge is 0.360 e. The molecule has 0 N–H and O–H groups in total. The van der Waals surface area contributed by atoms with Crippen molar-refractivity contribution in [1.82, 2.24) is 14.5 Å². The maximum absolute atomic E-state index is 8.96. The first-order chi connectivity index (χ1) is 9.78. The Morgan fingerprint density at radius 2 is 2.25 bits per heavy atom. The van der Waals surface area contributed by atoms with Crippen LogP contribution >= 0.6 is 0 Å². The molecule has 0 amide bonds. The molecular weight excluding hydrogens is 254 g/mol. The molecule has 0 aliphatic carbocycles. The fourth-order valence-electron chi connectivity index (χ4n) is 2.28. The Kier molecular flexibility index (Phi) is 3.35. The van der Waals surface area contributed by atoms with Crippen molar-refractivity contribution in [2.24, 2.45) is 0 Å². The third-order valence-electron chi connectivity index (χ3n) is 3.33. The van der Waals surface area contributed by atoms with E-state index in [4.69, 9.17) is 10.00 Å². The van der Waals surface area contributed by atoms with Crippen LogP contribution < -0.4 is 4.90 Å². The molecule has 0 radical (unpaired) electrons. The van der Waals surface area contributed by atoms with Crippen molar-refractivity contribution in [3.63, 3.8) is 0 Å². The van der Waals surface area contributed by atoms with Crippen LogP contribution in [0.15, 0.2) is 30.6 Å². The molecule has 0 bridgehead atoms. The normalized spacial score (nSPS) is 18.8. The number of aromatic nitrogens is 3. The Hall–Kier alpha value is -2.39. The van der Waals surface area contributed by atoms with Gasteiger partial charge in [0.25, 0.3) is 0 Å². The lowest BCUT2D eigenvalue weighted by atomic mass is 10.3. The van der Waals surface area contributed by atoms with Crippen LogP contribution in [0.1, 0.15) is 5.82 Å². The Morgan fingerprint density at radius 3 is 3.00 bits per heavy atom. The summed E-state index contributed by atoms with van der Waals surface area (Å²) in [7, 11) is 0. The van der Waals surface area contributed by atoms with Gasteiger partial charge in [0.1, 0.15) is 17.5 Å². The van der Waals surface area contributed by atoms with Crippen LogP contribution in [-0.2, 0) is 4.74 Å². The number of hydrogen-bond donors (Lipinski definition) is 0. The fraction of sp³-hybridized carbons (Fsp3) is 0.357. The second-order valence-electron chi connectivity index (χ2n) is 4.63. The first kappa shape index (κ1) is 12.6. The van der Waals surface area contributed by atoms with E-state index in [1.807, 2.05) is 35.9 Å². The van der Waals surface area contributed by atoms with Crippen LogP contribution in [0.3, 0.4) is 0 Å². The zero-order valence-electron chi connectivity index (χ0n) is 11.2. The molecule has 2 aromatic rings. The molecule has 2 aromatic heterocycles. The topological polar surface area (TPSA) is 67.0 Å². The van der Waals surface area contributed by atoms with Gasteiger partial charge in [0, 0.05) is 18.9 Å².